The van der Waals surface area contributed by atoms with E-state index >= 15 is 0 Å². The normalized spacial score (nSPS) is 29.1. The van der Waals surface area contributed by atoms with Gasteiger partial charge in [0.05, 0.1) is 6.10 Å². The van der Waals surface area contributed by atoms with Crippen LogP contribution < -0.4 is 0 Å². The van der Waals surface area contributed by atoms with Crippen LogP contribution in [0.15, 0.2) is 0 Å². The van der Waals surface area contributed by atoms with Crippen molar-refractivity contribution in [2.75, 3.05) is 13.1 Å². The number of piperidine rings is 1. The maximum atomic E-state index is 11.9. The molecule has 1 fully saturated rings. The van der Waals surface area contributed by atoms with Crippen molar-refractivity contribution in [1.29, 1.82) is 0 Å². The fraction of sp³-hybridized carbons (Fsp3) is 0.909. The van der Waals surface area contributed by atoms with Crippen LogP contribution in [0.25, 0.3) is 0 Å². The van der Waals surface area contributed by atoms with Gasteiger partial charge in [0.15, 0.2) is 0 Å². The van der Waals surface area contributed by atoms with Crippen LogP contribution in [0.1, 0.15) is 34.1 Å². The Hall–Kier alpha value is -0.570. The van der Waals surface area contributed by atoms with Crippen LogP contribution >= 0.6 is 0 Å². The molecule has 1 amide bonds. The Labute approximate surface area is 86.1 Å². The Bertz CT molecular complexity index is 210. The molecule has 14 heavy (non-hydrogen) atoms. The van der Waals surface area contributed by atoms with Gasteiger partial charge in [0.1, 0.15) is 0 Å². The summed E-state index contributed by atoms with van der Waals surface area (Å²) in [5, 5.41) is 9.57. The molecule has 0 aromatic carbocycles. The van der Waals surface area contributed by atoms with Gasteiger partial charge >= 0.3 is 0 Å². The maximum absolute atomic E-state index is 11.9. The van der Waals surface area contributed by atoms with Crippen molar-refractivity contribution in [2.45, 2.75) is 40.2 Å². The van der Waals surface area contributed by atoms with E-state index in [1.165, 1.54) is 0 Å². The lowest BCUT2D eigenvalue weighted by molar-refractivity contribution is -0.143. The summed E-state index contributed by atoms with van der Waals surface area (Å²) in [5.74, 6) is 0.549. The third-order valence-corrected chi connectivity index (χ3v) is 2.57. The summed E-state index contributed by atoms with van der Waals surface area (Å²) < 4.78 is 0. The summed E-state index contributed by atoms with van der Waals surface area (Å²) in [6.07, 6.45) is 0.471. The molecule has 82 valence electrons. The highest BCUT2D eigenvalue weighted by Gasteiger charge is 2.32. The molecule has 1 saturated heterocycles. The molecule has 0 aromatic rings. The largest absolute Gasteiger partial charge is 0.391 e. The molecule has 2 atom stereocenters. The third kappa shape index (κ3) is 2.71. The van der Waals surface area contributed by atoms with Crippen LogP contribution in [-0.4, -0.2) is 35.1 Å². The lowest BCUT2D eigenvalue weighted by Crippen LogP contribution is -2.49. The highest BCUT2D eigenvalue weighted by atomic mass is 16.3. The van der Waals surface area contributed by atoms with Gasteiger partial charge in [0, 0.05) is 18.5 Å². The second kappa shape index (κ2) is 3.89. The number of β-amino-alcohol motifs (C(OH)–C–C–N with tert-alkyl or cyclic N) is 1. The predicted molar refractivity (Wildman–Crippen MR) is 55.8 cm³/mol. The molecule has 1 heterocycles. The van der Waals surface area contributed by atoms with Gasteiger partial charge in [-0.05, 0) is 12.3 Å². The zero-order valence-corrected chi connectivity index (χ0v) is 9.58. The van der Waals surface area contributed by atoms with Gasteiger partial charge in [-0.1, -0.05) is 27.7 Å². The molecular formula is C11H21NO2. The molecule has 0 aliphatic carbocycles. The number of likely N-dealkylation sites (tertiary alicyclic amines) is 1. The van der Waals surface area contributed by atoms with Crippen molar-refractivity contribution in [3.63, 3.8) is 0 Å². The van der Waals surface area contributed by atoms with Crippen molar-refractivity contribution >= 4 is 5.91 Å². The Morgan fingerprint density at radius 1 is 1.36 bits per heavy atom. The average molecular weight is 199 g/mol. The number of aliphatic hydroxyl groups is 1. The first-order chi connectivity index (χ1) is 6.30. The minimum absolute atomic E-state index is 0.142. The zero-order chi connectivity index (χ0) is 10.9. The molecule has 3 heteroatoms. The molecule has 1 aliphatic rings. The van der Waals surface area contributed by atoms with E-state index in [1.807, 2.05) is 20.8 Å². The minimum atomic E-state index is -0.343. The van der Waals surface area contributed by atoms with Crippen molar-refractivity contribution in [2.24, 2.45) is 11.3 Å². The molecule has 0 radical (unpaired) electrons. The predicted octanol–water partition coefficient (Wildman–Crippen LogP) is 1.26. The number of hydrogen-bond acceptors (Lipinski definition) is 2. The zero-order valence-electron chi connectivity index (χ0n) is 9.58. The van der Waals surface area contributed by atoms with E-state index in [-0.39, 0.29) is 17.4 Å². The van der Waals surface area contributed by atoms with Gasteiger partial charge in [-0.15, -0.1) is 0 Å². The second-order valence-corrected chi connectivity index (χ2v) is 5.45. The van der Waals surface area contributed by atoms with Crippen molar-refractivity contribution in [3.8, 4) is 0 Å². The lowest BCUT2D eigenvalue weighted by Gasteiger charge is -2.37. The van der Waals surface area contributed by atoms with Gasteiger partial charge in [0.2, 0.25) is 5.91 Å². The number of nitrogens with zero attached hydrogens (tertiary/aromatic N) is 1. The molecule has 2 unspecified atom stereocenters. The highest BCUT2D eigenvalue weighted by molar-refractivity contribution is 5.81. The number of carbonyl (C=O) groups is 1. The summed E-state index contributed by atoms with van der Waals surface area (Å²) in [5.41, 5.74) is -0.337. The fourth-order valence-corrected chi connectivity index (χ4v) is 1.96. The smallest absolute Gasteiger partial charge is 0.228 e. The number of hydrogen-bond donors (Lipinski definition) is 1. The number of rotatable bonds is 0. The Morgan fingerprint density at radius 3 is 2.36 bits per heavy atom. The molecule has 0 bridgehead atoms. The first-order valence-electron chi connectivity index (χ1n) is 5.28. The summed E-state index contributed by atoms with van der Waals surface area (Å²) >= 11 is 0. The van der Waals surface area contributed by atoms with E-state index < -0.39 is 0 Å². The second-order valence-electron chi connectivity index (χ2n) is 5.45. The van der Waals surface area contributed by atoms with Crippen LogP contribution in [0, 0.1) is 11.3 Å². The molecule has 1 N–H and O–H groups in total. The van der Waals surface area contributed by atoms with Crippen molar-refractivity contribution in [1.82, 2.24) is 4.90 Å². The van der Waals surface area contributed by atoms with Gasteiger partial charge in [-0.2, -0.15) is 0 Å². The molecule has 0 saturated carbocycles. The van der Waals surface area contributed by atoms with Crippen LogP contribution in [0.4, 0.5) is 0 Å². The molecule has 3 nitrogen and oxygen atoms in total. The van der Waals surface area contributed by atoms with E-state index in [2.05, 4.69) is 6.92 Å². The highest BCUT2D eigenvalue weighted by Crippen LogP contribution is 2.23. The summed E-state index contributed by atoms with van der Waals surface area (Å²) in [7, 11) is 0. The lowest BCUT2D eigenvalue weighted by atomic mass is 9.91. The Kier molecular flexibility index (Phi) is 3.20. The Morgan fingerprint density at radius 2 is 1.93 bits per heavy atom. The van der Waals surface area contributed by atoms with E-state index in [0.29, 0.717) is 12.5 Å². The first kappa shape index (κ1) is 11.5. The van der Waals surface area contributed by atoms with Crippen LogP contribution in [0.5, 0.6) is 0 Å². The average Bonchev–Trinajstić information content (AvgIpc) is 1.99. The number of amides is 1. The van der Waals surface area contributed by atoms with Crippen LogP contribution in [-0.2, 0) is 4.79 Å². The van der Waals surface area contributed by atoms with Crippen LogP contribution in [0.3, 0.4) is 0 Å². The minimum Gasteiger partial charge on any atom is -0.391 e. The van der Waals surface area contributed by atoms with E-state index in [4.69, 9.17) is 0 Å². The number of aliphatic hydroxyl groups excluding tert-OH is 1. The Balaban J connectivity index is 2.64. The summed E-state index contributed by atoms with van der Waals surface area (Å²) in [6.45, 7) is 9.11. The third-order valence-electron chi connectivity index (χ3n) is 2.57. The van der Waals surface area contributed by atoms with Gasteiger partial charge in [0.25, 0.3) is 0 Å². The van der Waals surface area contributed by atoms with Gasteiger partial charge in [-0.25, -0.2) is 0 Å². The maximum Gasteiger partial charge on any atom is 0.228 e. The molecule has 1 aliphatic heterocycles. The van der Waals surface area contributed by atoms with Crippen molar-refractivity contribution in [3.05, 3.63) is 0 Å². The topological polar surface area (TPSA) is 40.5 Å². The standard InChI is InChI=1S/C11H21NO2/c1-8-5-9(13)7-12(6-8)10(14)11(2,3)4/h8-9,13H,5-7H2,1-4H3. The summed E-state index contributed by atoms with van der Waals surface area (Å²) in [4.78, 5) is 13.7. The van der Waals surface area contributed by atoms with E-state index in [1.54, 1.807) is 4.90 Å². The van der Waals surface area contributed by atoms with Gasteiger partial charge in [-0.3, -0.25) is 4.79 Å². The van der Waals surface area contributed by atoms with Crippen molar-refractivity contribution < 1.29 is 9.90 Å². The SMILES string of the molecule is CC1CC(O)CN(C(=O)C(C)(C)C)C1. The summed E-state index contributed by atoms with van der Waals surface area (Å²) in [6, 6.07) is 0. The monoisotopic (exact) mass is 199 g/mol. The molecule has 0 aromatic heterocycles. The first-order valence-corrected chi connectivity index (χ1v) is 5.28. The molecule has 1 rings (SSSR count). The van der Waals surface area contributed by atoms with E-state index in [9.17, 15) is 9.90 Å². The van der Waals surface area contributed by atoms with Gasteiger partial charge < -0.3 is 10.0 Å². The number of carbonyl (C=O) groups excluding carboxylic acids is 1. The van der Waals surface area contributed by atoms with E-state index in [0.717, 1.165) is 13.0 Å². The molecular weight excluding hydrogens is 178 g/mol. The molecule has 0 spiro atoms. The van der Waals surface area contributed by atoms with Crippen LogP contribution in [0.2, 0.25) is 0 Å². The quantitative estimate of drug-likeness (QED) is 0.638. The fourth-order valence-electron chi connectivity index (χ4n) is 1.96.